The molecule has 0 aliphatic heterocycles. The van der Waals surface area contributed by atoms with E-state index in [0.29, 0.717) is 6.54 Å². The molecule has 0 bridgehead atoms. The molecule has 0 aliphatic carbocycles. The summed E-state index contributed by atoms with van der Waals surface area (Å²) in [4.78, 5) is 4.75. The van der Waals surface area contributed by atoms with Crippen LogP contribution in [0.25, 0.3) is 10.6 Å². The van der Waals surface area contributed by atoms with Crippen molar-refractivity contribution in [2.24, 2.45) is 0 Å². The number of hydrogen-bond donors (Lipinski definition) is 1. The number of halogens is 1. The predicted octanol–water partition coefficient (Wildman–Crippen LogP) is 5.93. The molecule has 1 N–H and O–H groups in total. The standard InChI is InChI=1S/C18H15BrN4O2S3/c1-24-15-5-4-11(19)7-14(15)16-21-12(9-26-16)10-27-18-23-22-17(28-18)20-8-13-3-2-6-25-13/h2-7,9H,8,10H2,1H3,(H,20,22). The Morgan fingerprint density at radius 3 is 3.04 bits per heavy atom. The molecule has 4 rings (SSSR count). The first-order valence-electron chi connectivity index (χ1n) is 8.22. The van der Waals surface area contributed by atoms with Crippen molar-refractivity contribution in [2.75, 3.05) is 12.4 Å². The van der Waals surface area contributed by atoms with Crippen LogP contribution in [-0.4, -0.2) is 22.3 Å². The van der Waals surface area contributed by atoms with Crippen LogP contribution in [0.3, 0.4) is 0 Å². The molecule has 4 aromatic rings. The molecule has 0 amide bonds. The molecule has 0 unspecified atom stereocenters. The number of rotatable bonds is 8. The van der Waals surface area contributed by atoms with Crippen molar-refractivity contribution in [1.82, 2.24) is 15.2 Å². The first-order chi connectivity index (χ1) is 13.7. The van der Waals surface area contributed by atoms with E-state index in [4.69, 9.17) is 14.1 Å². The van der Waals surface area contributed by atoms with Gasteiger partial charge in [-0.25, -0.2) is 4.98 Å². The lowest BCUT2D eigenvalue weighted by atomic mass is 10.2. The molecule has 144 valence electrons. The number of aromatic nitrogens is 3. The van der Waals surface area contributed by atoms with Gasteiger partial charge in [0.05, 0.1) is 31.2 Å². The minimum Gasteiger partial charge on any atom is -0.496 e. The molecule has 0 saturated carbocycles. The third-order valence-electron chi connectivity index (χ3n) is 3.69. The Labute approximate surface area is 182 Å². The van der Waals surface area contributed by atoms with E-state index in [1.165, 1.54) is 11.3 Å². The second-order valence-electron chi connectivity index (χ2n) is 5.58. The third kappa shape index (κ3) is 4.75. The van der Waals surface area contributed by atoms with E-state index in [1.807, 2.05) is 30.3 Å². The molecule has 28 heavy (non-hydrogen) atoms. The molecule has 3 aromatic heterocycles. The van der Waals surface area contributed by atoms with Crippen LogP contribution in [0.15, 0.2) is 55.2 Å². The minimum absolute atomic E-state index is 0.593. The van der Waals surface area contributed by atoms with Gasteiger partial charge in [-0.3, -0.25) is 0 Å². The molecule has 1 aromatic carbocycles. The number of furan rings is 1. The van der Waals surface area contributed by atoms with Gasteiger partial charge in [0.1, 0.15) is 16.5 Å². The van der Waals surface area contributed by atoms with Gasteiger partial charge in [0, 0.05) is 15.6 Å². The Balaban J connectivity index is 1.37. The van der Waals surface area contributed by atoms with Crippen molar-refractivity contribution < 1.29 is 9.15 Å². The second kappa shape index (κ2) is 9.08. The van der Waals surface area contributed by atoms with Crippen LogP contribution in [0.4, 0.5) is 5.13 Å². The van der Waals surface area contributed by atoms with Gasteiger partial charge in [-0.05, 0) is 30.3 Å². The number of methoxy groups -OCH3 is 1. The van der Waals surface area contributed by atoms with Gasteiger partial charge in [-0.2, -0.15) is 0 Å². The van der Waals surface area contributed by atoms with Crippen LogP contribution in [-0.2, 0) is 12.3 Å². The molecule has 0 radical (unpaired) electrons. The Morgan fingerprint density at radius 1 is 1.29 bits per heavy atom. The Hall–Kier alpha value is -1.88. The zero-order valence-electron chi connectivity index (χ0n) is 14.7. The summed E-state index contributed by atoms with van der Waals surface area (Å²) >= 11 is 8.26. The largest absolute Gasteiger partial charge is 0.496 e. The molecular weight excluding hydrogens is 480 g/mol. The van der Waals surface area contributed by atoms with E-state index in [1.54, 1.807) is 36.5 Å². The van der Waals surface area contributed by atoms with Crippen molar-refractivity contribution in [3.8, 4) is 16.3 Å². The van der Waals surface area contributed by atoms with E-state index < -0.39 is 0 Å². The van der Waals surface area contributed by atoms with Crippen molar-refractivity contribution in [3.63, 3.8) is 0 Å². The highest BCUT2D eigenvalue weighted by Gasteiger charge is 2.12. The SMILES string of the molecule is COc1ccc(Br)cc1-c1nc(CSc2nnc(NCc3ccco3)s2)cs1. The maximum atomic E-state index is 5.46. The molecule has 0 aliphatic rings. The maximum Gasteiger partial charge on any atom is 0.206 e. The molecule has 10 heteroatoms. The summed E-state index contributed by atoms with van der Waals surface area (Å²) in [5.41, 5.74) is 1.99. The number of ether oxygens (including phenoxy) is 1. The third-order valence-corrected chi connectivity index (χ3v) is 7.15. The highest BCUT2D eigenvalue weighted by molar-refractivity contribution is 9.10. The lowest BCUT2D eigenvalue weighted by molar-refractivity contribution is 0.416. The highest BCUT2D eigenvalue weighted by atomic mass is 79.9. The maximum absolute atomic E-state index is 5.46. The van der Waals surface area contributed by atoms with Crippen LogP contribution in [0.1, 0.15) is 11.5 Å². The quantitative estimate of drug-likeness (QED) is 0.304. The number of hydrogen-bond acceptors (Lipinski definition) is 9. The number of nitrogens with zero attached hydrogens (tertiary/aromatic N) is 3. The number of thioether (sulfide) groups is 1. The summed E-state index contributed by atoms with van der Waals surface area (Å²) < 4.78 is 12.7. The molecule has 0 spiro atoms. The van der Waals surface area contributed by atoms with Gasteiger partial charge in [-0.1, -0.05) is 39.0 Å². The fourth-order valence-electron chi connectivity index (χ4n) is 2.40. The summed E-state index contributed by atoms with van der Waals surface area (Å²) in [6, 6.07) is 9.71. The summed E-state index contributed by atoms with van der Waals surface area (Å²) in [5, 5.41) is 15.4. The Morgan fingerprint density at radius 2 is 2.21 bits per heavy atom. The zero-order chi connectivity index (χ0) is 19.3. The zero-order valence-corrected chi connectivity index (χ0v) is 18.8. The first kappa shape index (κ1) is 19.4. The van der Waals surface area contributed by atoms with Gasteiger partial charge < -0.3 is 14.5 Å². The smallest absolute Gasteiger partial charge is 0.206 e. The molecule has 0 atom stereocenters. The van der Waals surface area contributed by atoms with Gasteiger partial charge in [-0.15, -0.1) is 21.5 Å². The van der Waals surface area contributed by atoms with Crippen LogP contribution >= 0.6 is 50.4 Å². The lowest BCUT2D eigenvalue weighted by Crippen LogP contribution is -1.96. The van der Waals surface area contributed by atoms with Crippen LogP contribution in [0, 0.1) is 0 Å². The van der Waals surface area contributed by atoms with Gasteiger partial charge in [0.25, 0.3) is 0 Å². The van der Waals surface area contributed by atoms with E-state index in [0.717, 1.165) is 47.5 Å². The van der Waals surface area contributed by atoms with E-state index in [2.05, 4.69) is 36.8 Å². The monoisotopic (exact) mass is 494 g/mol. The van der Waals surface area contributed by atoms with Gasteiger partial charge in [0.2, 0.25) is 5.13 Å². The first-order valence-corrected chi connectivity index (χ1v) is 11.7. The number of benzene rings is 1. The van der Waals surface area contributed by atoms with E-state index in [9.17, 15) is 0 Å². The number of nitrogens with one attached hydrogen (secondary N) is 1. The van der Waals surface area contributed by atoms with Crippen LogP contribution in [0.5, 0.6) is 5.75 Å². The second-order valence-corrected chi connectivity index (χ2v) is 9.56. The number of anilines is 1. The molecular formula is C18H15BrN4O2S3. The highest BCUT2D eigenvalue weighted by Crippen LogP contribution is 2.36. The fourth-order valence-corrected chi connectivity index (χ4v) is 5.34. The van der Waals surface area contributed by atoms with Gasteiger partial charge >= 0.3 is 0 Å². The summed E-state index contributed by atoms with van der Waals surface area (Å²) in [7, 11) is 1.67. The molecule has 6 nitrogen and oxygen atoms in total. The van der Waals surface area contributed by atoms with Crippen LogP contribution in [0.2, 0.25) is 0 Å². The minimum atomic E-state index is 0.593. The van der Waals surface area contributed by atoms with Gasteiger partial charge in [0.15, 0.2) is 4.34 Å². The van der Waals surface area contributed by atoms with Crippen molar-refractivity contribution in [1.29, 1.82) is 0 Å². The predicted molar refractivity (Wildman–Crippen MR) is 117 cm³/mol. The van der Waals surface area contributed by atoms with Crippen molar-refractivity contribution >= 4 is 55.5 Å². The normalized spacial score (nSPS) is 10.9. The molecule has 0 fully saturated rings. The Bertz CT molecular complexity index is 1050. The number of thiazole rings is 1. The van der Waals surface area contributed by atoms with Crippen LogP contribution < -0.4 is 10.1 Å². The summed E-state index contributed by atoms with van der Waals surface area (Å²) in [5.74, 6) is 2.41. The molecule has 0 saturated heterocycles. The van der Waals surface area contributed by atoms with E-state index >= 15 is 0 Å². The summed E-state index contributed by atoms with van der Waals surface area (Å²) in [6.07, 6.45) is 1.66. The van der Waals surface area contributed by atoms with Crippen molar-refractivity contribution in [3.05, 3.63) is 57.9 Å². The average molecular weight is 495 g/mol. The summed E-state index contributed by atoms with van der Waals surface area (Å²) in [6.45, 7) is 0.593. The Kier molecular flexibility index (Phi) is 6.30. The molecule has 3 heterocycles. The topological polar surface area (TPSA) is 73.1 Å². The average Bonchev–Trinajstić information content (AvgIpc) is 3.46. The lowest BCUT2D eigenvalue weighted by Gasteiger charge is -2.06. The fraction of sp³-hybridized carbons (Fsp3) is 0.167. The van der Waals surface area contributed by atoms with Crippen molar-refractivity contribution in [2.45, 2.75) is 16.6 Å². The van der Waals surface area contributed by atoms with E-state index in [-0.39, 0.29) is 0 Å².